The van der Waals surface area contributed by atoms with Gasteiger partial charge in [0.25, 0.3) is 0 Å². The van der Waals surface area contributed by atoms with Crippen LogP contribution in [0.3, 0.4) is 0 Å². The van der Waals surface area contributed by atoms with Crippen LogP contribution in [0, 0.1) is 5.82 Å². The van der Waals surface area contributed by atoms with Gasteiger partial charge in [-0.25, -0.2) is 4.39 Å². The van der Waals surface area contributed by atoms with Gasteiger partial charge in [0.1, 0.15) is 5.82 Å². The Labute approximate surface area is 74.2 Å². The molecule has 2 aromatic rings. The van der Waals surface area contributed by atoms with Crippen molar-refractivity contribution in [3.8, 4) is 0 Å². The maximum absolute atomic E-state index is 12.5. The summed E-state index contributed by atoms with van der Waals surface area (Å²) < 4.78 is 17.1. The van der Waals surface area contributed by atoms with E-state index in [1.54, 1.807) is 12.1 Å². The highest BCUT2D eigenvalue weighted by atomic mass is 19.1. The second kappa shape index (κ2) is 3.35. The van der Waals surface area contributed by atoms with Crippen LogP contribution in [-0.4, -0.2) is 10.1 Å². The quantitative estimate of drug-likeness (QED) is 0.703. The summed E-state index contributed by atoms with van der Waals surface area (Å²) in [6.07, 6.45) is 1.84. The molecule has 4 heteroatoms. The van der Waals surface area contributed by atoms with E-state index in [1.807, 2.05) is 0 Å². The molecule has 0 atom stereocenters. The van der Waals surface area contributed by atoms with Crippen LogP contribution in [0.2, 0.25) is 0 Å². The molecule has 1 aromatic carbocycles. The predicted molar refractivity (Wildman–Crippen MR) is 43.5 cm³/mol. The zero-order valence-corrected chi connectivity index (χ0v) is 6.77. The maximum atomic E-state index is 12.5. The molecule has 2 rings (SSSR count). The Morgan fingerprint density at radius 2 is 2.00 bits per heavy atom. The molecule has 0 fully saturated rings. The Morgan fingerprint density at radius 1 is 1.23 bits per heavy atom. The van der Waals surface area contributed by atoms with Crippen molar-refractivity contribution in [1.29, 1.82) is 0 Å². The van der Waals surface area contributed by atoms with Crippen LogP contribution in [0.4, 0.5) is 4.39 Å². The van der Waals surface area contributed by atoms with Crippen molar-refractivity contribution in [3.63, 3.8) is 0 Å². The molecule has 3 nitrogen and oxygen atoms in total. The van der Waals surface area contributed by atoms with Gasteiger partial charge in [-0.3, -0.25) is 0 Å². The van der Waals surface area contributed by atoms with Crippen LogP contribution in [0.5, 0.6) is 0 Å². The molecule has 66 valence electrons. The van der Waals surface area contributed by atoms with Crippen LogP contribution >= 0.6 is 0 Å². The van der Waals surface area contributed by atoms with Gasteiger partial charge in [-0.2, -0.15) is 4.98 Å². The Kier molecular flexibility index (Phi) is 2.04. The highest BCUT2D eigenvalue weighted by Crippen LogP contribution is 2.06. The fourth-order valence-corrected chi connectivity index (χ4v) is 1.06. The molecule has 0 saturated carbocycles. The Balaban J connectivity index is 2.15. The highest BCUT2D eigenvalue weighted by Gasteiger charge is 2.00. The van der Waals surface area contributed by atoms with E-state index >= 15 is 0 Å². The van der Waals surface area contributed by atoms with Gasteiger partial charge in [-0.15, -0.1) is 0 Å². The number of hydrogen-bond donors (Lipinski definition) is 0. The van der Waals surface area contributed by atoms with E-state index in [0.717, 1.165) is 5.56 Å². The smallest absolute Gasteiger partial charge is 0.213 e. The van der Waals surface area contributed by atoms with Gasteiger partial charge >= 0.3 is 0 Å². The van der Waals surface area contributed by atoms with Gasteiger partial charge in [0.2, 0.25) is 6.39 Å². The van der Waals surface area contributed by atoms with E-state index in [0.29, 0.717) is 12.2 Å². The fourth-order valence-electron chi connectivity index (χ4n) is 1.06. The van der Waals surface area contributed by atoms with Gasteiger partial charge in [0.15, 0.2) is 5.82 Å². The Hall–Kier alpha value is -1.71. The first kappa shape index (κ1) is 7.91. The first-order valence-electron chi connectivity index (χ1n) is 3.84. The van der Waals surface area contributed by atoms with Crippen LogP contribution in [0.15, 0.2) is 35.2 Å². The summed E-state index contributed by atoms with van der Waals surface area (Å²) in [4.78, 5) is 3.86. The van der Waals surface area contributed by atoms with E-state index < -0.39 is 0 Å². The molecule has 0 bridgehead atoms. The topological polar surface area (TPSA) is 38.9 Å². The average molecular weight is 178 g/mol. The third-order valence-electron chi connectivity index (χ3n) is 1.68. The lowest BCUT2D eigenvalue weighted by Crippen LogP contribution is -1.90. The molecule has 0 N–H and O–H groups in total. The summed E-state index contributed by atoms with van der Waals surface area (Å²) in [6, 6.07) is 6.22. The second-order valence-electron chi connectivity index (χ2n) is 2.65. The lowest BCUT2D eigenvalue weighted by atomic mass is 10.1. The summed E-state index contributed by atoms with van der Waals surface area (Å²) in [5.74, 6) is 0.364. The second-order valence-corrected chi connectivity index (χ2v) is 2.65. The van der Waals surface area contributed by atoms with Gasteiger partial charge in [-0.1, -0.05) is 17.3 Å². The SMILES string of the molecule is Fc1ccc(Cc2ncon2)cc1. The van der Waals surface area contributed by atoms with Crippen molar-refractivity contribution >= 4 is 0 Å². The summed E-state index contributed by atoms with van der Waals surface area (Å²) in [5, 5.41) is 3.65. The standard InChI is InChI=1S/C9H7FN2O/c10-8-3-1-7(2-4-8)5-9-11-6-13-12-9/h1-4,6H,5H2. The molecular weight excluding hydrogens is 171 g/mol. The van der Waals surface area contributed by atoms with Crippen molar-refractivity contribution in [3.05, 3.63) is 47.9 Å². The first-order chi connectivity index (χ1) is 6.34. The van der Waals surface area contributed by atoms with E-state index in [-0.39, 0.29) is 5.82 Å². The van der Waals surface area contributed by atoms with E-state index in [9.17, 15) is 4.39 Å². The number of halogens is 1. The van der Waals surface area contributed by atoms with Gasteiger partial charge in [0.05, 0.1) is 0 Å². The highest BCUT2D eigenvalue weighted by molar-refractivity contribution is 5.19. The van der Waals surface area contributed by atoms with E-state index in [1.165, 1.54) is 18.5 Å². The van der Waals surface area contributed by atoms with Crippen molar-refractivity contribution in [1.82, 2.24) is 10.1 Å². The summed E-state index contributed by atoms with van der Waals surface area (Å²) >= 11 is 0. The molecule has 0 aliphatic rings. The van der Waals surface area contributed by atoms with Crippen molar-refractivity contribution in [2.75, 3.05) is 0 Å². The summed E-state index contributed by atoms with van der Waals surface area (Å²) in [7, 11) is 0. The Bertz CT molecular complexity index is 369. The molecule has 0 amide bonds. The number of nitrogens with zero attached hydrogens (tertiary/aromatic N) is 2. The first-order valence-corrected chi connectivity index (χ1v) is 3.84. The lowest BCUT2D eigenvalue weighted by Gasteiger charge is -1.95. The van der Waals surface area contributed by atoms with E-state index in [2.05, 4.69) is 14.7 Å². The summed E-state index contributed by atoms with van der Waals surface area (Å²) in [5.41, 5.74) is 0.961. The molecule has 13 heavy (non-hydrogen) atoms. The minimum absolute atomic E-state index is 0.239. The Morgan fingerprint density at radius 3 is 2.62 bits per heavy atom. The molecular formula is C9H7FN2O. The molecule has 0 saturated heterocycles. The lowest BCUT2D eigenvalue weighted by molar-refractivity contribution is 0.411. The normalized spacial score (nSPS) is 10.2. The van der Waals surface area contributed by atoms with Gasteiger partial charge < -0.3 is 4.52 Å². The van der Waals surface area contributed by atoms with Crippen LogP contribution in [0.25, 0.3) is 0 Å². The minimum atomic E-state index is -0.239. The summed E-state index contributed by atoms with van der Waals surface area (Å²) in [6.45, 7) is 0. The number of hydrogen-bond acceptors (Lipinski definition) is 3. The molecule has 0 aliphatic carbocycles. The number of benzene rings is 1. The molecule has 1 aromatic heterocycles. The minimum Gasteiger partial charge on any atom is -0.343 e. The van der Waals surface area contributed by atoms with Crippen LogP contribution in [-0.2, 0) is 6.42 Å². The molecule has 0 radical (unpaired) electrons. The third kappa shape index (κ3) is 1.90. The third-order valence-corrected chi connectivity index (χ3v) is 1.68. The van der Waals surface area contributed by atoms with Gasteiger partial charge in [0, 0.05) is 6.42 Å². The molecule has 1 heterocycles. The van der Waals surface area contributed by atoms with Crippen molar-refractivity contribution in [2.45, 2.75) is 6.42 Å². The number of rotatable bonds is 2. The number of aromatic nitrogens is 2. The van der Waals surface area contributed by atoms with Crippen LogP contribution < -0.4 is 0 Å². The maximum Gasteiger partial charge on any atom is 0.213 e. The van der Waals surface area contributed by atoms with E-state index in [4.69, 9.17) is 0 Å². The fraction of sp³-hybridized carbons (Fsp3) is 0.111. The van der Waals surface area contributed by atoms with Crippen molar-refractivity contribution < 1.29 is 8.91 Å². The van der Waals surface area contributed by atoms with Crippen LogP contribution in [0.1, 0.15) is 11.4 Å². The van der Waals surface area contributed by atoms with Crippen molar-refractivity contribution in [2.24, 2.45) is 0 Å². The zero-order valence-electron chi connectivity index (χ0n) is 6.77. The predicted octanol–water partition coefficient (Wildman–Crippen LogP) is 1.80. The largest absolute Gasteiger partial charge is 0.343 e. The zero-order chi connectivity index (χ0) is 9.10. The average Bonchev–Trinajstić information content (AvgIpc) is 2.62. The molecule has 0 aliphatic heterocycles. The van der Waals surface area contributed by atoms with Gasteiger partial charge in [-0.05, 0) is 17.7 Å². The monoisotopic (exact) mass is 178 g/mol. The molecule has 0 unspecified atom stereocenters. The molecule has 0 spiro atoms.